The normalized spacial score (nSPS) is 17.8. The van der Waals surface area contributed by atoms with Gasteiger partial charge in [-0.2, -0.15) is 0 Å². The third kappa shape index (κ3) is 6.78. The third-order valence-electron chi connectivity index (χ3n) is 7.50. The molecule has 2 aliphatic rings. The Balaban J connectivity index is 1.77. The number of ketones is 1. The lowest BCUT2D eigenvalue weighted by Gasteiger charge is -2.28. The number of aliphatic hydroxyl groups excluding tert-OH is 1. The van der Waals surface area contributed by atoms with Crippen molar-refractivity contribution in [3.63, 3.8) is 0 Å². The van der Waals surface area contributed by atoms with Gasteiger partial charge in [0.05, 0.1) is 24.8 Å². The van der Waals surface area contributed by atoms with Crippen molar-refractivity contribution in [2.45, 2.75) is 53.0 Å². The second kappa shape index (κ2) is 14.3. The first-order valence-electron chi connectivity index (χ1n) is 14.7. The second-order valence-electron chi connectivity index (χ2n) is 10.1. The summed E-state index contributed by atoms with van der Waals surface area (Å²) < 4.78 is 23.2. The number of carbonyl (C=O) groups excluding carboxylic acids is 2. The van der Waals surface area contributed by atoms with Crippen LogP contribution >= 0.6 is 0 Å². The van der Waals surface area contributed by atoms with Crippen LogP contribution in [0.5, 0.6) is 23.0 Å². The zero-order valence-electron chi connectivity index (χ0n) is 24.6. The number of aliphatic hydroxyl groups is 1. The maximum atomic E-state index is 13.5. The highest BCUT2D eigenvalue weighted by atomic mass is 16.6. The van der Waals surface area contributed by atoms with Crippen LogP contribution in [0.25, 0.3) is 5.76 Å². The Morgan fingerprint density at radius 3 is 2.41 bits per heavy atom. The van der Waals surface area contributed by atoms with Gasteiger partial charge >= 0.3 is 0 Å². The summed E-state index contributed by atoms with van der Waals surface area (Å²) in [7, 11) is 0. The lowest BCUT2D eigenvalue weighted by atomic mass is 9.94. The van der Waals surface area contributed by atoms with Crippen LogP contribution in [0.15, 0.2) is 42.0 Å². The number of likely N-dealkylation sites (N-methyl/N-ethyl adjacent to an activating group) is 1. The predicted octanol–water partition coefficient (Wildman–Crippen LogP) is 5.19. The number of rotatable bonds is 14. The number of benzene rings is 2. The van der Waals surface area contributed by atoms with E-state index in [1.165, 1.54) is 0 Å². The van der Waals surface area contributed by atoms with Gasteiger partial charge in [0.2, 0.25) is 0 Å². The van der Waals surface area contributed by atoms with E-state index >= 15 is 0 Å². The molecule has 2 aromatic carbocycles. The molecule has 1 amide bonds. The Morgan fingerprint density at radius 1 is 0.951 bits per heavy atom. The monoisotopic (exact) mass is 566 g/mol. The second-order valence-corrected chi connectivity index (χ2v) is 10.1. The van der Waals surface area contributed by atoms with Gasteiger partial charge in [-0.05, 0) is 62.3 Å². The van der Waals surface area contributed by atoms with E-state index in [9.17, 15) is 14.7 Å². The van der Waals surface area contributed by atoms with Gasteiger partial charge in [-0.1, -0.05) is 39.7 Å². The van der Waals surface area contributed by atoms with Gasteiger partial charge in [-0.3, -0.25) is 9.59 Å². The minimum Gasteiger partial charge on any atom is -0.507 e. The summed E-state index contributed by atoms with van der Waals surface area (Å²) in [5.74, 6) is 0.580. The van der Waals surface area contributed by atoms with E-state index in [-0.39, 0.29) is 11.3 Å². The van der Waals surface area contributed by atoms with Crippen molar-refractivity contribution < 1.29 is 33.6 Å². The number of likely N-dealkylation sites (tertiary alicyclic amines) is 1. The third-order valence-corrected chi connectivity index (χ3v) is 7.50. The van der Waals surface area contributed by atoms with Crippen LogP contribution in [0.4, 0.5) is 0 Å². The van der Waals surface area contributed by atoms with Gasteiger partial charge in [0, 0.05) is 18.7 Å². The number of ether oxygens (including phenoxy) is 4. The van der Waals surface area contributed by atoms with Crippen LogP contribution in [0.1, 0.15) is 64.1 Å². The van der Waals surface area contributed by atoms with E-state index in [2.05, 4.69) is 25.7 Å². The largest absolute Gasteiger partial charge is 0.507 e. The molecule has 2 aromatic rings. The zero-order valence-corrected chi connectivity index (χ0v) is 24.6. The fourth-order valence-corrected chi connectivity index (χ4v) is 5.21. The molecular weight excluding hydrogens is 524 g/mol. The molecule has 0 radical (unpaired) electrons. The van der Waals surface area contributed by atoms with E-state index in [4.69, 9.17) is 18.9 Å². The molecular formula is C32H42N2O7. The van der Waals surface area contributed by atoms with Gasteiger partial charge in [0.25, 0.3) is 11.7 Å². The van der Waals surface area contributed by atoms with Crippen molar-refractivity contribution in [2.24, 2.45) is 0 Å². The fourth-order valence-electron chi connectivity index (χ4n) is 5.21. The van der Waals surface area contributed by atoms with E-state index in [0.29, 0.717) is 73.6 Å². The van der Waals surface area contributed by atoms with Gasteiger partial charge in [0.1, 0.15) is 19.0 Å². The van der Waals surface area contributed by atoms with Crippen LogP contribution in [-0.4, -0.2) is 79.2 Å². The maximum Gasteiger partial charge on any atom is 0.295 e. The lowest BCUT2D eigenvalue weighted by Crippen LogP contribution is -2.38. The van der Waals surface area contributed by atoms with Crippen LogP contribution in [0, 0.1) is 0 Å². The van der Waals surface area contributed by atoms with E-state index < -0.39 is 17.7 Å². The van der Waals surface area contributed by atoms with Crippen molar-refractivity contribution in [1.29, 1.82) is 0 Å². The van der Waals surface area contributed by atoms with Crippen LogP contribution < -0.4 is 18.9 Å². The summed E-state index contributed by atoms with van der Waals surface area (Å²) in [6.07, 6.45) is 3.10. The number of nitrogens with zero attached hydrogens (tertiary/aromatic N) is 2. The smallest absolute Gasteiger partial charge is 0.295 e. The van der Waals surface area contributed by atoms with E-state index in [1.807, 2.05) is 25.1 Å². The summed E-state index contributed by atoms with van der Waals surface area (Å²) >= 11 is 0. The molecule has 1 atom stereocenters. The van der Waals surface area contributed by atoms with Crippen LogP contribution in [-0.2, 0) is 9.59 Å². The molecule has 0 aromatic heterocycles. The van der Waals surface area contributed by atoms with Crippen molar-refractivity contribution in [3.05, 3.63) is 53.1 Å². The van der Waals surface area contributed by atoms with E-state index in [0.717, 1.165) is 32.4 Å². The number of unbranched alkanes of at least 4 members (excludes halogenated alkanes) is 2. The summed E-state index contributed by atoms with van der Waals surface area (Å²) in [5.41, 5.74) is 1.07. The maximum absolute atomic E-state index is 13.5. The number of hydrogen-bond acceptors (Lipinski definition) is 8. The average molecular weight is 567 g/mol. The quantitative estimate of drug-likeness (QED) is 0.144. The number of carbonyl (C=O) groups is 2. The van der Waals surface area contributed by atoms with Gasteiger partial charge in [-0.15, -0.1) is 0 Å². The Morgan fingerprint density at radius 2 is 1.71 bits per heavy atom. The molecule has 0 bridgehead atoms. The highest BCUT2D eigenvalue weighted by molar-refractivity contribution is 6.46. The summed E-state index contributed by atoms with van der Waals surface area (Å²) in [6, 6.07) is 9.69. The Hall–Kier alpha value is -3.72. The van der Waals surface area contributed by atoms with Crippen molar-refractivity contribution >= 4 is 17.4 Å². The molecule has 9 nitrogen and oxygen atoms in total. The fraction of sp³-hybridized carbons (Fsp3) is 0.500. The first kappa shape index (κ1) is 30.2. The average Bonchev–Trinajstić information content (AvgIpc) is 3.25. The van der Waals surface area contributed by atoms with Gasteiger partial charge in [0.15, 0.2) is 23.0 Å². The number of amides is 1. The molecule has 2 aliphatic heterocycles. The predicted molar refractivity (Wildman–Crippen MR) is 157 cm³/mol. The molecule has 2 heterocycles. The Labute approximate surface area is 242 Å². The molecule has 0 aliphatic carbocycles. The summed E-state index contributed by atoms with van der Waals surface area (Å²) in [5, 5.41) is 11.5. The van der Waals surface area contributed by atoms with E-state index in [1.54, 1.807) is 23.1 Å². The molecule has 1 saturated heterocycles. The topological polar surface area (TPSA) is 97.8 Å². The van der Waals surface area contributed by atoms with Crippen LogP contribution in [0.3, 0.4) is 0 Å². The molecule has 4 rings (SSSR count). The molecule has 9 heteroatoms. The first-order chi connectivity index (χ1) is 19.9. The summed E-state index contributed by atoms with van der Waals surface area (Å²) in [6.45, 7) is 12.5. The number of Topliss-reactive ketones (excluding diaryl/α,β-unsaturated/α-hetero) is 1. The standard InChI is InChI=1S/C32H42N2O7/c1-5-9-10-17-39-24-13-11-22(20-26(24)38-8-4)29-28(31(36)32(37)34(29)16-15-33(6-2)7-3)30(35)23-12-14-25-27(21-23)41-19-18-40-25/h11-14,20-21,29,35H,5-10,15-19H2,1-4H3/t29-/m0/s1. The number of hydrogen-bond donors (Lipinski definition) is 1. The molecule has 222 valence electrons. The van der Waals surface area contributed by atoms with Crippen molar-refractivity contribution in [3.8, 4) is 23.0 Å². The zero-order chi connectivity index (χ0) is 29.4. The molecule has 0 spiro atoms. The molecule has 0 saturated carbocycles. The van der Waals surface area contributed by atoms with Crippen molar-refractivity contribution in [1.82, 2.24) is 9.80 Å². The van der Waals surface area contributed by atoms with Gasteiger partial charge < -0.3 is 33.9 Å². The van der Waals surface area contributed by atoms with Crippen LogP contribution in [0.2, 0.25) is 0 Å². The van der Waals surface area contributed by atoms with Gasteiger partial charge in [-0.25, -0.2) is 0 Å². The minimum atomic E-state index is -0.799. The highest BCUT2D eigenvalue weighted by Crippen LogP contribution is 2.43. The minimum absolute atomic E-state index is 0.0327. The Bertz CT molecular complexity index is 1250. The SMILES string of the molecule is CCCCCOc1ccc([C@H]2C(=C(O)c3ccc4c(c3)OCCO4)C(=O)C(=O)N2CCN(CC)CC)cc1OCC. The van der Waals surface area contributed by atoms with Crippen molar-refractivity contribution in [2.75, 3.05) is 52.6 Å². The molecule has 0 unspecified atom stereocenters. The highest BCUT2D eigenvalue weighted by Gasteiger charge is 2.46. The lowest BCUT2D eigenvalue weighted by molar-refractivity contribution is -0.140. The molecule has 1 N–H and O–H groups in total. The molecule has 41 heavy (non-hydrogen) atoms. The molecule has 1 fully saturated rings. The number of fused-ring (bicyclic) bond motifs is 1. The Kier molecular flexibility index (Phi) is 10.5. The summed E-state index contributed by atoms with van der Waals surface area (Å²) in [4.78, 5) is 30.7. The first-order valence-corrected chi connectivity index (χ1v) is 14.7.